The van der Waals surface area contributed by atoms with Crippen LogP contribution in [0, 0.1) is 5.92 Å². The van der Waals surface area contributed by atoms with Crippen LogP contribution in [0.1, 0.15) is 45.5 Å². The molecule has 0 bridgehead atoms. The van der Waals surface area contributed by atoms with Crippen LogP contribution in [-0.4, -0.2) is 14.8 Å². The van der Waals surface area contributed by atoms with Gasteiger partial charge in [0.15, 0.2) is 5.82 Å². The van der Waals surface area contributed by atoms with E-state index >= 15 is 0 Å². The summed E-state index contributed by atoms with van der Waals surface area (Å²) in [5.41, 5.74) is 5.89. The summed E-state index contributed by atoms with van der Waals surface area (Å²) < 4.78 is 1.64. The lowest BCUT2D eigenvalue weighted by Crippen LogP contribution is -2.26. The van der Waals surface area contributed by atoms with Gasteiger partial charge in [-0.15, -0.1) is 0 Å². The molecule has 0 fully saturated rings. The van der Waals surface area contributed by atoms with E-state index in [1.807, 2.05) is 6.92 Å². The Bertz CT molecular complexity index is 355. The Hall–Kier alpha value is -1.10. The molecular weight excluding hydrogens is 192 g/mol. The fourth-order valence-corrected chi connectivity index (χ4v) is 1.53. The van der Waals surface area contributed by atoms with Crippen LogP contribution < -0.4 is 11.4 Å². The van der Waals surface area contributed by atoms with Crippen molar-refractivity contribution in [1.82, 2.24) is 14.8 Å². The molecule has 0 aliphatic heterocycles. The van der Waals surface area contributed by atoms with E-state index in [1.54, 1.807) is 4.57 Å². The first-order chi connectivity index (χ1) is 7.11. The number of hydrogen-bond donors (Lipinski definition) is 2. The molecule has 1 aromatic rings. The third-order valence-electron chi connectivity index (χ3n) is 2.79. The predicted molar refractivity (Wildman–Crippen MR) is 59.5 cm³/mol. The van der Waals surface area contributed by atoms with Crippen molar-refractivity contribution in [2.24, 2.45) is 11.7 Å². The van der Waals surface area contributed by atoms with Gasteiger partial charge in [0, 0.05) is 6.54 Å². The van der Waals surface area contributed by atoms with Gasteiger partial charge in [-0.25, -0.2) is 9.89 Å². The molecule has 0 aliphatic carbocycles. The highest BCUT2D eigenvalue weighted by Gasteiger charge is 2.19. The number of nitrogens with one attached hydrogen (secondary N) is 1. The zero-order chi connectivity index (χ0) is 11.4. The van der Waals surface area contributed by atoms with E-state index in [1.165, 1.54) is 0 Å². The maximum Gasteiger partial charge on any atom is 0.343 e. The normalized spacial score (nSPS) is 15.2. The second kappa shape index (κ2) is 5.11. The lowest BCUT2D eigenvalue weighted by Gasteiger charge is -2.17. The van der Waals surface area contributed by atoms with E-state index in [9.17, 15) is 4.79 Å². The summed E-state index contributed by atoms with van der Waals surface area (Å²) >= 11 is 0. The summed E-state index contributed by atoms with van der Waals surface area (Å²) in [5.74, 6) is 1.01. The number of rotatable bonds is 5. The van der Waals surface area contributed by atoms with Crippen molar-refractivity contribution >= 4 is 0 Å². The number of H-pyrrole nitrogens is 1. The van der Waals surface area contributed by atoms with Crippen molar-refractivity contribution in [3.8, 4) is 0 Å². The molecule has 1 heterocycles. The van der Waals surface area contributed by atoms with Crippen LogP contribution in [0.25, 0.3) is 0 Å². The summed E-state index contributed by atoms with van der Waals surface area (Å²) in [6.45, 7) is 6.85. The van der Waals surface area contributed by atoms with E-state index in [0.717, 1.165) is 12.8 Å². The van der Waals surface area contributed by atoms with E-state index in [0.29, 0.717) is 18.3 Å². The van der Waals surface area contributed by atoms with E-state index in [2.05, 4.69) is 24.0 Å². The monoisotopic (exact) mass is 212 g/mol. The number of aromatic amines is 1. The minimum atomic E-state index is -0.166. The van der Waals surface area contributed by atoms with Gasteiger partial charge in [-0.2, -0.15) is 5.10 Å². The first kappa shape index (κ1) is 12.0. The molecule has 0 radical (unpaired) electrons. The predicted octanol–water partition coefficient (Wildman–Crippen LogP) is 1.03. The topological polar surface area (TPSA) is 76.7 Å². The molecular formula is C10H20N4O. The molecule has 1 aromatic heterocycles. The van der Waals surface area contributed by atoms with Gasteiger partial charge in [0.05, 0.1) is 6.04 Å². The van der Waals surface area contributed by atoms with Gasteiger partial charge >= 0.3 is 5.69 Å². The fourth-order valence-electron chi connectivity index (χ4n) is 1.53. The van der Waals surface area contributed by atoms with Gasteiger partial charge < -0.3 is 5.73 Å². The molecule has 1 rings (SSSR count). The third kappa shape index (κ3) is 2.47. The second-order valence-corrected chi connectivity index (χ2v) is 3.95. The van der Waals surface area contributed by atoms with E-state index < -0.39 is 0 Å². The Balaban J connectivity index is 2.98. The zero-order valence-corrected chi connectivity index (χ0v) is 9.66. The van der Waals surface area contributed by atoms with Crippen LogP contribution in [0.3, 0.4) is 0 Å². The Morgan fingerprint density at radius 3 is 2.73 bits per heavy atom. The summed E-state index contributed by atoms with van der Waals surface area (Å²) in [5, 5.41) is 6.46. The number of aromatic nitrogens is 3. The summed E-state index contributed by atoms with van der Waals surface area (Å²) in [4.78, 5) is 11.4. The number of nitrogens with two attached hydrogens (primary N) is 1. The van der Waals surface area contributed by atoms with Crippen molar-refractivity contribution in [2.45, 2.75) is 46.2 Å². The van der Waals surface area contributed by atoms with Gasteiger partial charge in [-0.1, -0.05) is 27.2 Å². The maximum absolute atomic E-state index is 11.4. The number of hydrogen-bond acceptors (Lipinski definition) is 3. The number of nitrogens with zero attached hydrogens (tertiary/aromatic N) is 2. The van der Waals surface area contributed by atoms with Crippen LogP contribution >= 0.6 is 0 Å². The van der Waals surface area contributed by atoms with Crippen molar-refractivity contribution in [2.75, 3.05) is 0 Å². The van der Waals surface area contributed by atoms with E-state index in [-0.39, 0.29) is 11.7 Å². The zero-order valence-electron chi connectivity index (χ0n) is 9.66. The van der Waals surface area contributed by atoms with Crippen LogP contribution in [0.2, 0.25) is 0 Å². The van der Waals surface area contributed by atoms with Crippen LogP contribution in [0.5, 0.6) is 0 Å². The Kier molecular flexibility index (Phi) is 4.08. The fraction of sp³-hybridized carbons (Fsp3) is 0.800. The highest BCUT2D eigenvalue weighted by molar-refractivity contribution is 4.95. The van der Waals surface area contributed by atoms with Gasteiger partial charge in [0.2, 0.25) is 0 Å². The van der Waals surface area contributed by atoms with Crippen molar-refractivity contribution < 1.29 is 0 Å². The molecule has 5 heteroatoms. The molecule has 0 spiro atoms. The first-order valence-electron chi connectivity index (χ1n) is 5.52. The average molecular weight is 212 g/mol. The van der Waals surface area contributed by atoms with Gasteiger partial charge in [0.25, 0.3) is 0 Å². The van der Waals surface area contributed by atoms with E-state index in [4.69, 9.17) is 5.73 Å². The van der Waals surface area contributed by atoms with Crippen LogP contribution in [0.4, 0.5) is 0 Å². The van der Waals surface area contributed by atoms with Crippen LogP contribution in [-0.2, 0) is 6.54 Å². The van der Waals surface area contributed by atoms with Crippen molar-refractivity contribution in [1.29, 1.82) is 0 Å². The minimum absolute atomic E-state index is 0.161. The van der Waals surface area contributed by atoms with Gasteiger partial charge in [0.1, 0.15) is 0 Å². The molecule has 2 atom stereocenters. The molecule has 0 amide bonds. The second-order valence-electron chi connectivity index (χ2n) is 3.95. The molecule has 86 valence electrons. The standard InChI is InChI=1S/C10H20N4O/c1-4-6-14-9(12-13-10(14)15)8(11)7(3)5-2/h7-8H,4-6,11H2,1-3H3,(H,13,15)/t7-,8-/m0/s1. The minimum Gasteiger partial charge on any atom is -0.321 e. The molecule has 3 N–H and O–H groups in total. The molecule has 0 aliphatic rings. The molecule has 0 aromatic carbocycles. The highest BCUT2D eigenvalue weighted by Crippen LogP contribution is 2.18. The van der Waals surface area contributed by atoms with Crippen molar-refractivity contribution in [3.63, 3.8) is 0 Å². The highest BCUT2D eigenvalue weighted by atomic mass is 16.1. The Morgan fingerprint density at radius 2 is 2.20 bits per heavy atom. The summed E-state index contributed by atoms with van der Waals surface area (Å²) in [7, 11) is 0. The Labute approximate surface area is 89.7 Å². The molecule has 0 saturated carbocycles. The lowest BCUT2D eigenvalue weighted by molar-refractivity contribution is 0.419. The maximum atomic E-state index is 11.4. The lowest BCUT2D eigenvalue weighted by atomic mass is 9.99. The van der Waals surface area contributed by atoms with Crippen LogP contribution in [0.15, 0.2) is 4.79 Å². The quantitative estimate of drug-likeness (QED) is 0.765. The Morgan fingerprint density at radius 1 is 1.53 bits per heavy atom. The molecule has 5 nitrogen and oxygen atoms in total. The summed E-state index contributed by atoms with van der Waals surface area (Å²) in [6.07, 6.45) is 1.88. The molecule has 0 unspecified atom stereocenters. The SMILES string of the molecule is CCCn1c([C@@H](N)[C@@H](C)CC)n[nH]c1=O. The smallest absolute Gasteiger partial charge is 0.321 e. The summed E-state index contributed by atoms with van der Waals surface area (Å²) in [6, 6.07) is -0.166. The largest absolute Gasteiger partial charge is 0.343 e. The van der Waals surface area contributed by atoms with Crippen molar-refractivity contribution in [3.05, 3.63) is 16.3 Å². The third-order valence-corrected chi connectivity index (χ3v) is 2.79. The van der Waals surface area contributed by atoms with Gasteiger partial charge in [-0.05, 0) is 12.3 Å². The van der Waals surface area contributed by atoms with Gasteiger partial charge in [-0.3, -0.25) is 4.57 Å². The first-order valence-corrected chi connectivity index (χ1v) is 5.52. The average Bonchev–Trinajstić information content (AvgIpc) is 2.59. The molecule has 15 heavy (non-hydrogen) atoms. The molecule has 0 saturated heterocycles.